The van der Waals surface area contributed by atoms with Crippen LogP contribution >= 0.6 is 12.4 Å². The molecule has 0 saturated heterocycles. The van der Waals surface area contributed by atoms with Crippen molar-refractivity contribution < 1.29 is 14.3 Å². The van der Waals surface area contributed by atoms with E-state index in [4.69, 9.17) is 10.5 Å². The van der Waals surface area contributed by atoms with Crippen LogP contribution in [0.5, 0.6) is 5.75 Å². The molecule has 1 rings (SSSR count). The Kier molecular flexibility index (Phi) is 7.39. The number of carbonyl (C=O) groups excluding carboxylic acids is 1. The van der Waals surface area contributed by atoms with E-state index >= 15 is 0 Å². The Morgan fingerprint density at radius 3 is 2.56 bits per heavy atom. The predicted molar refractivity (Wildman–Crippen MR) is 73.3 cm³/mol. The van der Waals surface area contributed by atoms with Crippen LogP contribution in [0.1, 0.15) is 29.8 Å². The van der Waals surface area contributed by atoms with E-state index in [0.717, 1.165) is 11.3 Å². The Labute approximate surface area is 114 Å². The molecule has 0 aliphatic carbocycles. The van der Waals surface area contributed by atoms with Gasteiger partial charge in [-0.1, -0.05) is 13.8 Å². The van der Waals surface area contributed by atoms with Crippen LogP contribution in [-0.4, -0.2) is 19.7 Å². The molecule has 0 amide bonds. The monoisotopic (exact) mass is 273 g/mol. The molecular formula is C13H20ClNO3. The zero-order valence-corrected chi connectivity index (χ0v) is 11.8. The van der Waals surface area contributed by atoms with Crippen LogP contribution in [0, 0.1) is 5.92 Å². The van der Waals surface area contributed by atoms with E-state index in [1.54, 1.807) is 18.2 Å². The Morgan fingerprint density at radius 1 is 1.39 bits per heavy atom. The molecule has 1 aromatic rings. The summed E-state index contributed by atoms with van der Waals surface area (Å²) < 4.78 is 10.3. The lowest BCUT2D eigenvalue weighted by Crippen LogP contribution is -2.09. The van der Waals surface area contributed by atoms with Crippen molar-refractivity contribution in [2.24, 2.45) is 11.7 Å². The summed E-state index contributed by atoms with van der Waals surface area (Å²) in [7, 11) is 1.35. The van der Waals surface area contributed by atoms with E-state index in [2.05, 4.69) is 18.6 Å². The summed E-state index contributed by atoms with van der Waals surface area (Å²) in [6.07, 6.45) is 0. The summed E-state index contributed by atoms with van der Waals surface area (Å²) in [4.78, 5) is 11.4. The Balaban J connectivity index is 0.00000289. The van der Waals surface area contributed by atoms with Crippen molar-refractivity contribution in [1.82, 2.24) is 0 Å². The van der Waals surface area contributed by atoms with Gasteiger partial charge in [0.05, 0.1) is 19.3 Å². The molecule has 0 saturated carbocycles. The molecule has 0 fully saturated rings. The van der Waals surface area contributed by atoms with Crippen LogP contribution in [-0.2, 0) is 11.3 Å². The fourth-order valence-corrected chi connectivity index (χ4v) is 1.38. The van der Waals surface area contributed by atoms with Gasteiger partial charge in [-0.25, -0.2) is 4.79 Å². The number of carbonyl (C=O) groups is 1. The van der Waals surface area contributed by atoms with Crippen molar-refractivity contribution in [3.8, 4) is 5.75 Å². The topological polar surface area (TPSA) is 61.5 Å². The number of rotatable bonds is 5. The van der Waals surface area contributed by atoms with Crippen molar-refractivity contribution >= 4 is 18.4 Å². The van der Waals surface area contributed by atoms with Gasteiger partial charge in [0.1, 0.15) is 5.75 Å². The fourth-order valence-electron chi connectivity index (χ4n) is 1.38. The van der Waals surface area contributed by atoms with Gasteiger partial charge in [-0.15, -0.1) is 12.4 Å². The summed E-state index contributed by atoms with van der Waals surface area (Å²) in [6.45, 7) is 5.11. The lowest BCUT2D eigenvalue weighted by atomic mass is 10.1. The highest BCUT2D eigenvalue weighted by atomic mass is 35.5. The number of ether oxygens (including phenoxy) is 2. The maximum atomic E-state index is 11.4. The first kappa shape index (κ1) is 16.7. The van der Waals surface area contributed by atoms with E-state index in [1.807, 2.05) is 0 Å². The zero-order valence-electron chi connectivity index (χ0n) is 10.9. The van der Waals surface area contributed by atoms with Crippen molar-refractivity contribution in [1.29, 1.82) is 0 Å². The molecule has 0 heterocycles. The van der Waals surface area contributed by atoms with Crippen LogP contribution in [0.25, 0.3) is 0 Å². The maximum Gasteiger partial charge on any atom is 0.337 e. The molecule has 0 unspecified atom stereocenters. The minimum absolute atomic E-state index is 0. The first-order valence-electron chi connectivity index (χ1n) is 5.62. The van der Waals surface area contributed by atoms with Crippen LogP contribution < -0.4 is 10.5 Å². The average molecular weight is 274 g/mol. The molecule has 4 nitrogen and oxygen atoms in total. The highest BCUT2D eigenvalue weighted by molar-refractivity contribution is 5.89. The molecule has 0 aliphatic heterocycles. The van der Waals surface area contributed by atoms with Gasteiger partial charge in [0.15, 0.2) is 0 Å². The molecule has 0 spiro atoms. The molecule has 5 heteroatoms. The molecule has 102 valence electrons. The third kappa shape index (κ3) is 4.55. The zero-order chi connectivity index (χ0) is 12.8. The summed E-state index contributed by atoms with van der Waals surface area (Å²) >= 11 is 0. The van der Waals surface area contributed by atoms with Gasteiger partial charge in [0, 0.05) is 12.1 Å². The lowest BCUT2D eigenvalue weighted by molar-refractivity contribution is 0.0600. The predicted octanol–water partition coefficient (Wildman–Crippen LogP) is 2.39. The van der Waals surface area contributed by atoms with E-state index < -0.39 is 0 Å². The van der Waals surface area contributed by atoms with Gasteiger partial charge in [-0.3, -0.25) is 0 Å². The van der Waals surface area contributed by atoms with Crippen LogP contribution in [0.15, 0.2) is 18.2 Å². The molecule has 2 N–H and O–H groups in total. The third-order valence-corrected chi connectivity index (χ3v) is 2.27. The molecule has 0 aromatic heterocycles. The largest absolute Gasteiger partial charge is 0.493 e. The smallest absolute Gasteiger partial charge is 0.337 e. The second kappa shape index (κ2) is 7.95. The van der Waals surface area contributed by atoms with Crippen molar-refractivity contribution in [3.05, 3.63) is 29.3 Å². The fraction of sp³-hybridized carbons (Fsp3) is 0.462. The molecule has 0 atom stereocenters. The average Bonchev–Trinajstić information content (AvgIpc) is 2.34. The summed E-state index contributed by atoms with van der Waals surface area (Å²) in [5, 5.41) is 0. The minimum atomic E-state index is -0.366. The second-order valence-corrected chi connectivity index (χ2v) is 4.22. The Bertz CT molecular complexity index is 394. The highest BCUT2D eigenvalue weighted by Gasteiger charge is 2.10. The number of benzene rings is 1. The van der Waals surface area contributed by atoms with Crippen LogP contribution in [0.3, 0.4) is 0 Å². The van der Waals surface area contributed by atoms with E-state index in [9.17, 15) is 4.79 Å². The van der Waals surface area contributed by atoms with Gasteiger partial charge >= 0.3 is 5.97 Å². The summed E-state index contributed by atoms with van der Waals surface area (Å²) in [5.74, 6) is 0.810. The van der Waals surface area contributed by atoms with Gasteiger partial charge in [0.2, 0.25) is 0 Å². The number of halogens is 1. The molecule has 0 bridgehead atoms. The molecule has 0 aliphatic rings. The minimum Gasteiger partial charge on any atom is -0.493 e. The second-order valence-electron chi connectivity index (χ2n) is 4.22. The molecule has 1 aromatic carbocycles. The first-order valence-corrected chi connectivity index (χ1v) is 5.62. The molecule has 18 heavy (non-hydrogen) atoms. The van der Waals surface area contributed by atoms with E-state index in [-0.39, 0.29) is 18.4 Å². The van der Waals surface area contributed by atoms with Gasteiger partial charge in [-0.05, 0) is 24.1 Å². The summed E-state index contributed by atoms with van der Waals surface area (Å²) in [6, 6.07) is 5.15. The number of hydrogen-bond acceptors (Lipinski definition) is 4. The number of hydrogen-bond donors (Lipinski definition) is 1. The maximum absolute atomic E-state index is 11.4. The van der Waals surface area contributed by atoms with Gasteiger partial charge < -0.3 is 15.2 Å². The standard InChI is InChI=1S/C13H19NO3.ClH/c1-9(2)8-17-12-5-4-10(13(15)16-3)6-11(12)7-14;/h4-6,9H,7-8,14H2,1-3H3;1H. The Morgan fingerprint density at radius 2 is 2.06 bits per heavy atom. The van der Waals surface area contributed by atoms with Crippen molar-refractivity contribution in [3.63, 3.8) is 0 Å². The van der Waals surface area contributed by atoms with Crippen LogP contribution in [0.2, 0.25) is 0 Å². The highest BCUT2D eigenvalue weighted by Crippen LogP contribution is 2.21. The number of esters is 1. The Hall–Kier alpha value is -1.26. The SMILES string of the molecule is COC(=O)c1ccc(OCC(C)C)c(CN)c1.Cl. The van der Waals surface area contributed by atoms with Crippen molar-refractivity contribution in [2.75, 3.05) is 13.7 Å². The normalized spacial score (nSPS) is 9.83. The van der Waals surface area contributed by atoms with E-state index in [1.165, 1.54) is 7.11 Å². The molecular weight excluding hydrogens is 254 g/mol. The quantitative estimate of drug-likeness (QED) is 0.837. The van der Waals surface area contributed by atoms with Crippen LogP contribution in [0.4, 0.5) is 0 Å². The van der Waals surface area contributed by atoms with Gasteiger partial charge in [0.25, 0.3) is 0 Å². The van der Waals surface area contributed by atoms with Crippen molar-refractivity contribution in [2.45, 2.75) is 20.4 Å². The molecule has 0 radical (unpaired) electrons. The first-order chi connectivity index (χ1) is 8.08. The third-order valence-electron chi connectivity index (χ3n) is 2.27. The number of nitrogens with two attached hydrogens (primary N) is 1. The summed E-state index contributed by atoms with van der Waals surface area (Å²) in [5.41, 5.74) is 6.94. The number of methoxy groups -OCH3 is 1. The lowest BCUT2D eigenvalue weighted by Gasteiger charge is -2.13. The van der Waals surface area contributed by atoms with Gasteiger partial charge in [-0.2, -0.15) is 0 Å². The van der Waals surface area contributed by atoms with E-state index in [0.29, 0.717) is 24.6 Å².